The molecule has 0 unspecified atom stereocenters. The number of aliphatic hydroxyl groups is 2. The summed E-state index contributed by atoms with van der Waals surface area (Å²) in [6, 6.07) is 4.64. The molecular weight excluding hydrogens is 423 g/mol. The minimum atomic E-state index is -0.887. The molecule has 9 heteroatoms. The Bertz CT molecular complexity index is 1140. The summed E-state index contributed by atoms with van der Waals surface area (Å²) >= 11 is 6.34. The lowest BCUT2D eigenvalue weighted by atomic mass is 9.75. The lowest BCUT2D eigenvalue weighted by molar-refractivity contribution is -0.0389. The largest absolute Gasteiger partial charge is 0.389 e. The molecule has 0 bridgehead atoms. The molecule has 2 atom stereocenters. The van der Waals surface area contributed by atoms with Crippen LogP contribution in [-0.2, 0) is 10.3 Å². The zero-order chi connectivity index (χ0) is 21.6. The highest BCUT2D eigenvalue weighted by Gasteiger charge is 2.36. The summed E-state index contributed by atoms with van der Waals surface area (Å²) in [6.45, 7) is 0.780. The molecule has 0 spiro atoms. The van der Waals surface area contributed by atoms with Crippen molar-refractivity contribution in [3.63, 3.8) is 0 Å². The van der Waals surface area contributed by atoms with E-state index < -0.39 is 17.5 Å². The molecule has 1 aliphatic carbocycles. The minimum Gasteiger partial charge on any atom is -0.389 e. The van der Waals surface area contributed by atoms with Crippen molar-refractivity contribution in [3.8, 4) is 11.3 Å². The second-order valence-corrected chi connectivity index (χ2v) is 8.62. The van der Waals surface area contributed by atoms with Crippen LogP contribution < -0.4 is 5.32 Å². The Hall–Kier alpha value is -2.39. The van der Waals surface area contributed by atoms with Crippen LogP contribution in [0.4, 0.5) is 10.3 Å². The van der Waals surface area contributed by atoms with Crippen molar-refractivity contribution < 1.29 is 19.3 Å². The average Bonchev–Trinajstić information content (AvgIpc) is 2.74. The van der Waals surface area contributed by atoms with Crippen LogP contribution in [0.3, 0.4) is 0 Å². The van der Waals surface area contributed by atoms with E-state index in [1.165, 1.54) is 12.3 Å². The summed E-state index contributed by atoms with van der Waals surface area (Å²) in [6.07, 6.45) is 5.24. The van der Waals surface area contributed by atoms with Crippen LogP contribution in [0.2, 0.25) is 5.02 Å². The summed E-state index contributed by atoms with van der Waals surface area (Å²) in [7, 11) is 0. The van der Waals surface area contributed by atoms with Crippen LogP contribution in [0.25, 0.3) is 22.2 Å². The highest BCUT2D eigenvalue weighted by molar-refractivity contribution is 6.33. The second kappa shape index (κ2) is 7.94. The maximum Gasteiger partial charge on any atom is 0.223 e. The van der Waals surface area contributed by atoms with Crippen molar-refractivity contribution in [1.29, 1.82) is 0 Å². The quantitative estimate of drug-likeness (QED) is 0.566. The van der Waals surface area contributed by atoms with E-state index in [1.54, 1.807) is 18.3 Å². The number of hydrogen-bond donors (Lipinski definition) is 3. The number of halogens is 2. The number of nitrogens with one attached hydrogen (secondary N) is 1. The van der Waals surface area contributed by atoms with Gasteiger partial charge in [-0.1, -0.05) is 11.6 Å². The first-order valence-corrected chi connectivity index (χ1v) is 10.7. The highest BCUT2D eigenvalue weighted by Crippen LogP contribution is 2.42. The van der Waals surface area contributed by atoms with Crippen molar-refractivity contribution in [1.82, 2.24) is 15.0 Å². The molecule has 1 aromatic carbocycles. The molecule has 2 fully saturated rings. The van der Waals surface area contributed by atoms with E-state index >= 15 is 0 Å². The number of aliphatic hydroxyl groups excluding tert-OH is 1. The first-order valence-electron chi connectivity index (χ1n) is 10.3. The lowest BCUT2D eigenvalue weighted by Gasteiger charge is -2.36. The Morgan fingerprint density at radius 2 is 2.03 bits per heavy atom. The van der Waals surface area contributed by atoms with E-state index in [0.29, 0.717) is 54.0 Å². The Labute approximate surface area is 183 Å². The molecule has 1 aliphatic heterocycles. The predicted molar refractivity (Wildman–Crippen MR) is 114 cm³/mol. The number of benzene rings is 1. The number of pyridine rings is 1. The Morgan fingerprint density at radius 3 is 2.77 bits per heavy atom. The maximum atomic E-state index is 14.8. The molecule has 3 N–H and O–H groups in total. The SMILES string of the molecule is O[C@@H]1COCC[C@H]1Nc1ncc(Cl)c(-c2cc(F)c3ncc(C4(O)CCC4)cc3c2)n1. The van der Waals surface area contributed by atoms with Gasteiger partial charge in [0.1, 0.15) is 11.3 Å². The third-order valence-electron chi connectivity index (χ3n) is 6.11. The first kappa shape index (κ1) is 20.5. The van der Waals surface area contributed by atoms with E-state index in [4.69, 9.17) is 16.3 Å². The zero-order valence-corrected chi connectivity index (χ0v) is 17.4. The molecule has 5 rings (SSSR count). The molecule has 3 heterocycles. The number of fused-ring (bicyclic) bond motifs is 1. The van der Waals surface area contributed by atoms with Gasteiger partial charge >= 0.3 is 0 Å². The average molecular weight is 445 g/mol. The van der Waals surface area contributed by atoms with E-state index in [1.807, 2.05) is 0 Å². The topological polar surface area (TPSA) is 100 Å². The normalized spacial score (nSPS) is 22.8. The van der Waals surface area contributed by atoms with Crippen molar-refractivity contribution >= 4 is 28.5 Å². The molecule has 2 aromatic heterocycles. The summed E-state index contributed by atoms with van der Waals surface area (Å²) in [5, 5.41) is 24.7. The number of hydrogen-bond acceptors (Lipinski definition) is 7. The van der Waals surface area contributed by atoms with Crippen molar-refractivity contribution in [2.24, 2.45) is 0 Å². The molecule has 31 heavy (non-hydrogen) atoms. The third-order valence-corrected chi connectivity index (χ3v) is 6.39. The molecule has 1 saturated heterocycles. The fourth-order valence-electron chi connectivity index (χ4n) is 4.09. The zero-order valence-electron chi connectivity index (χ0n) is 16.7. The van der Waals surface area contributed by atoms with Gasteiger partial charge in [0.2, 0.25) is 5.95 Å². The molecule has 0 amide bonds. The molecule has 1 saturated carbocycles. The van der Waals surface area contributed by atoms with Gasteiger partial charge in [0, 0.05) is 29.3 Å². The lowest BCUT2D eigenvalue weighted by Crippen LogP contribution is -2.42. The number of anilines is 1. The van der Waals surface area contributed by atoms with E-state index in [-0.39, 0.29) is 23.2 Å². The van der Waals surface area contributed by atoms with Crippen LogP contribution in [0.5, 0.6) is 0 Å². The van der Waals surface area contributed by atoms with Gasteiger partial charge in [-0.05, 0) is 43.9 Å². The highest BCUT2D eigenvalue weighted by atomic mass is 35.5. The Balaban J connectivity index is 1.52. The van der Waals surface area contributed by atoms with Crippen LogP contribution in [0.15, 0.2) is 30.6 Å². The monoisotopic (exact) mass is 444 g/mol. The fraction of sp³-hybridized carbons (Fsp3) is 0.409. The molecule has 162 valence electrons. The molecule has 2 aliphatic rings. The molecule has 0 radical (unpaired) electrons. The fourth-order valence-corrected chi connectivity index (χ4v) is 4.29. The summed E-state index contributed by atoms with van der Waals surface area (Å²) in [5.41, 5.74) is 0.875. The number of ether oxygens (including phenoxy) is 1. The van der Waals surface area contributed by atoms with Gasteiger partial charge in [0.05, 0.1) is 41.3 Å². The maximum absolute atomic E-state index is 14.8. The van der Waals surface area contributed by atoms with Gasteiger partial charge in [-0.3, -0.25) is 4.98 Å². The van der Waals surface area contributed by atoms with Crippen LogP contribution in [0.1, 0.15) is 31.2 Å². The van der Waals surface area contributed by atoms with Gasteiger partial charge in [-0.15, -0.1) is 0 Å². The predicted octanol–water partition coefficient (Wildman–Crippen LogP) is 3.42. The molecular formula is C22H22ClFN4O3. The standard InChI is InChI=1S/C22H22ClFN4O3/c23-15-10-26-21(27-17-2-5-31-11-18(17)29)28-19(15)13-6-12-7-14(22(30)3-1-4-22)9-25-20(12)16(24)8-13/h6-10,17-18,29-30H,1-5,11H2,(H,26,27,28)/t17-,18-/m1/s1. The van der Waals surface area contributed by atoms with Gasteiger partial charge in [0.25, 0.3) is 0 Å². The summed E-state index contributed by atoms with van der Waals surface area (Å²) in [5.74, 6) is -0.204. The second-order valence-electron chi connectivity index (χ2n) is 8.21. The first-order chi connectivity index (χ1) is 14.9. The smallest absolute Gasteiger partial charge is 0.223 e. The number of nitrogens with zero attached hydrogens (tertiary/aromatic N) is 3. The van der Waals surface area contributed by atoms with E-state index in [0.717, 1.165) is 6.42 Å². The summed E-state index contributed by atoms with van der Waals surface area (Å²) < 4.78 is 20.1. The van der Waals surface area contributed by atoms with Crippen molar-refractivity contribution in [2.45, 2.75) is 43.4 Å². The van der Waals surface area contributed by atoms with Gasteiger partial charge in [-0.25, -0.2) is 14.4 Å². The minimum absolute atomic E-state index is 0.226. The number of rotatable bonds is 4. The van der Waals surface area contributed by atoms with E-state index in [2.05, 4.69) is 20.3 Å². The van der Waals surface area contributed by atoms with Gasteiger partial charge < -0.3 is 20.3 Å². The van der Waals surface area contributed by atoms with Crippen molar-refractivity contribution in [2.75, 3.05) is 18.5 Å². The van der Waals surface area contributed by atoms with Crippen LogP contribution in [0, 0.1) is 5.82 Å². The van der Waals surface area contributed by atoms with Crippen LogP contribution in [-0.4, -0.2) is 50.5 Å². The molecule has 7 nitrogen and oxygen atoms in total. The summed E-state index contributed by atoms with van der Waals surface area (Å²) in [4.78, 5) is 12.9. The number of aromatic nitrogens is 3. The van der Waals surface area contributed by atoms with Gasteiger partial charge in [0.15, 0.2) is 0 Å². The molecule has 3 aromatic rings. The van der Waals surface area contributed by atoms with Gasteiger partial charge in [-0.2, -0.15) is 0 Å². The van der Waals surface area contributed by atoms with Crippen molar-refractivity contribution in [3.05, 3.63) is 47.0 Å². The third kappa shape index (κ3) is 3.85. The Morgan fingerprint density at radius 1 is 1.19 bits per heavy atom. The van der Waals surface area contributed by atoms with Crippen LogP contribution >= 0.6 is 11.6 Å². The van der Waals surface area contributed by atoms with E-state index in [9.17, 15) is 14.6 Å². The Kier molecular flexibility index (Phi) is 5.26.